The van der Waals surface area contributed by atoms with Gasteiger partial charge in [-0.1, -0.05) is 23.7 Å². The number of hydrogen-bond donors (Lipinski definition) is 1. The summed E-state index contributed by atoms with van der Waals surface area (Å²) in [6.45, 7) is 1.80. The van der Waals surface area contributed by atoms with Crippen LogP contribution in [0.5, 0.6) is 0 Å². The van der Waals surface area contributed by atoms with Gasteiger partial charge in [-0.05, 0) is 32.0 Å². The molecule has 0 fully saturated rings. The van der Waals surface area contributed by atoms with E-state index in [1.54, 1.807) is 25.1 Å². The van der Waals surface area contributed by atoms with E-state index in [0.717, 1.165) is 0 Å². The fourth-order valence-electron chi connectivity index (χ4n) is 1.47. The van der Waals surface area contributed by atoms with E-state index >= 15 is 0 Å². The number of likely N-dealkylation sites (N-methyl/N-ethyl adjacent to an activating group) is 1. The highest BCUT2D eigenvalue weighted by molar-refractivity contribution is 6.30. The molecule has 1 unspecified atom stereocenters. The Morgan fingerprint density at radius 1 is 1.50 bits per heavy atom. The molecule has 1 nitrogen and oxygen atoms in total. The number of halogens is 2. The Morgan fingerprint density at radius 3 is 2.88 bits per heavy atom. The fourth-order valence-corrected chi connectivity index (χ4v) is 1.67. The van der Waals surface area contributed by atoms with Gasteiger partial charge in [0.25, 0.3) is 0 Å². The van der Waals surface area contributed by atoms with Crippen molar-refractivity contribution in [1.82, 2.24) is 5.32 Å². The van der Waals surface area contributed by atoms with Crippen molar-refractivity contribution in [3.8, 4) is 11.8 Å². The van der Waals surface area contributed by atoms with Crippen molar-refractivity contribution in [2.75, 3.05) is 7.05 Å². The van der Waals surface area contributed by atoms with Crippen LogP contribution in [0.1, 0.15) is 18.9 Å². The first-order chi connectivity index (χ1) is 7.69. The molecule has 0 heterocycles. The smallest absolute Gasteiger partial charge is 0.145 e. The van der Waals surface area contributed by atoms with Crippen LogP contribution in [0.25, 0.3) is 0 Å². The monoisotopic (exact) mass is 239 g/mol. The Kier molecular flexibility index (Phi) is 5.31. The van der Waals surface area contributed by atoms with Crippen LogP contribution >= 0.6 is 11.6 Å². The van der Waals surface area contributed by atoms with Crippen molar-refractivity contribution >= 4 is 11.6 Å². The molecular weight excluding hydrogens is 225 g/mol. The lowest BCUT2D eigenvalue weighted by molar-refractivity contribution is 0.543. The van der Waals surface area contributed by atoms with Gasteiger partial charge in [-0.15, -0.1) is 11.8 Å². The Morgan fingerprint density at radius 2 is 2.25 bits per heavy atom. The van der Waals surface area contributed by atoms with Crippen molar-refractivity contribution in [1.29, 1.82) is 0 Å². The van der Waals surface area contributed by atoms with E-state index in [2.05, 4.69) is 17.2 Å². The molecule has 1 aromatic carbocycles. The van der Waals surface area contributed by atoms with Crippen LogP contribution in [0.4, 0.5) is 4.39 Å². The summed E-state index contributed by atoms with van der Waals surface area (Å²) in [4.78, 5) is 0. The fraction of sp³-hybridized carbons (Fsp3) is 0.385. The van der Waals surface area contributed by atoms with Crippen LogP contribution in [0.3, 0.4) is 0 Å². The zero-order valence-electron chi connectivity index (χ0n) is 9.48. The van der Waals surface area contributed by atoms with Crippen LogP contribution in [-0.4, -0.2) is 13.1 Å². The van der Waals surface area contributed by atoms with Crippen LogP contribution in [0.15, 0.2) is 18.2 Å². The topological polar surface area (TPSA) is 12.0 Å². The van der Waals surface area contributed by atoms with Gasteiger partial charge in [0.1, 0.15) is 5.82 Å². The van der Waals surface area contributed by atoms with Crippen molar-refractivity contribution in [3.63, 3.8) is 0 Å². The van der Waals surface area contributed by atoms with Gasteiger partial charge in [0.15, 0.2) is 0 Å². The van der Waals surface area contributed by atoms with Gasteiger partial charge in [-0.2, -0.15) is 0 Å². The highest BCUT2D eigenvalue weighted by atomic mass is 35.5. The molecule has 1 aromatic rings. The van der Waals surface area contributed by atoms with E-state index in [1.165, 1.54) is 0 Å². The first kappa shape index (κ1) is 13.0. The molecular formula is C13H15ClFN. The normalized spacial score (nSPS) is 11.8. The number of hydrogen-bond acceptors (Lipinski definition) is 1. The number of rotatable bonds is 4. The molecule has 1 N–H and O–H groups in total. The second kappa shape index (κ2) is 6.52. The largest absolute Gasteiger partial charge is 0.316 e. The van der Waals surface area contributed by atoms with E-state index in [9.17, 15) is 4.39 Å². The van der Waals surface area contributed by atoms with Crippen molar-refractivity contribution in [3.05, 3.63) is 34.6 Å². The lowest BCUT2D eigenvalue weighted by Gasteiger charge is -2.14. The molecule has 0 aliphatic rings. The minimum atomic E-state index is -0.325. The van der Waals surface area contributed by atoms with Gasteiger partial charge in [0, 0.05) is 12.5 Å². The molecule has 0 saturated heterocycles. The summed E-state index contributed by atoms with van der Waals surface area (Å²) in [5, 5.41) is 3.29. The number of benzene rings is 1. The second-order valence-electron chi connectivity index (χ2n) is 3.53. The van der Waals surface area contributed by atoms with Crippen LogP contribution in [-0.2, 0) is 6.42 Å². The summed E-state index contributed by atoms with van der Waals surface area (Å²) in [6.07, 6.45) is 1.30. The molecule has 0 radical (unpaired) electrons. The average molecular weight is 240 g/mol. The zero-order chi connectivity index (χ0) is 12.0. The zero-order valence-corrected chi connectivity index (χ0v) is 10.2. The standard InChI is InChI=1S/C13H15ClFN/c1-3-4-7-11(16-2)9-10-6-5-8-12(14)13(10)15/h5-6,8,11,16H,7,9H2,1-2H3. The summed E-state index contributed by atoms with van der Waals surface area (Å²) < 4.78 is 13.6. The molecule has 1 atom stereocenters. The minimum absolute atomic E-state index is 0.153. The molecule has 1 rings (SSSR count). The lowest BCUT2D eigenvalue weighted by Crippen LogP contribution is -2.27. The molecule has 0 bridgehead atoms. The van der Waals surface area contributed by atoms with Crippen LogP contribution in [0.2, 0.25) is 5.02 Å². The van der Waals surface area contributed by atoms with Crippen LogP contribution in [0, 0.1) is 17.7 Å². The van der Waals surface area contributed by atoms with Gasteiger partial charge >= 0.3 is 0 Å². The first-order valence-electron chi connectivity index (χ1n) is 5.18. The molecule has 0 aliphatic heterocycles. The van der Waals surface area contributed by atoms with Gasteiger partial charge in [-0.3, -0.25) is 0 Å². The molecule has 3 heteroatoms. The Bertz CT molecular complexity index is 406. The van der Waals surface area contributed by atoms with E-state index in [-0.39, 0.29) is 16.9 Å². The molecule has 86 valence electrons. The number of nitrogens with one attached hydrogen (secondary N) is 1. The molecule has 0 aliphatic carbocycles. The molecule has 0 amide bonds. The first-order valence-corrected chi connectivity index (χ1v) is 5.56. The summed E-state index contributed by atoms with van der Waals surface area (Å²) >= 11 is 5.72. The lowest BCUT2D eigenvalue weighted by atomic mass is 10.0. The predicted molar refractivity (Wildman–Crippen MR) is 66.0 cm³/mol. The Labute approximate surface area is 101 Å². The maximum atomic E-state index is 13.6. The SMILES string of the molecule is CC#CCC(Cc1cccc(Cl)c1F)NC. The highest BCUT2D eigenvalue weighted by Crippen LogP contribution is 2.19. The van der Waals surface area contributed by atoms with E-state index in [4.69, 9.17) is 11.6 Å². The van der Waals surface area contributed by atoms with Gasteiger partial charge < -0.3 is 5.32 Å². The van der Waals surface area contributed by atoms with Crippen molar-refractivity contribution < 1.29 is 4.39 Å². The third-order valence-electron chi connectivity index (χ3n) is 2.43. The highest BCUT2D eigenvalue weighted by Gasteiger charge is 2.11. The summed E-state index contributed by atoms with van der Waals surface area (Å²) in [6, 6.07) is 5.23. The van der Waals surface area contributed by atoms with Crippen LogP contribution < -0.4 is 5.32 Å². The maximum absolute atomic E-state index is 13.6. The second-order valence-corrected chi connectivity index (χ2v) is 3.94. The minimum Gasteiger partial charge on any atom is -0.316 e. The van der Waals surface area contributed by atoms with E-state index < -0.39 is 0 Å². The summed E-state index contributed by atoms with van der Waals surface area (Å²) in [5.74, 6) is 5.49. The molecule has 0 spiro atoms. The van der Waals surface area contributed by atoms with Crippen molar-refractivity contribution in [2.24, 2.45) is 0 Å². The van der Waals surface area contributed by atoms with E-state index in [1.807, 2.05) is 7.05 Å². The Hall–Kier alpha value is -1.04. The predicted octanol–water partition coefficient (Wildman–Crippen LogP) is 3.02. The molecule has 0 saturated carbocycles. The van der Waals surface area contributed by atoms with E-state index in [0.29, 0.717) is 18.4 Å². The summed E-state index contributed by atoms with van der Waals surface area (Å²) in [7, 11) is 1.85. The van der Waals surface area contributed by atoms with Gasteiger partial charge in [-0.25, -0.2) is 4.39 Å². The Balaban J connectivity index is 2.76. The summed E-state index contributed by atoms with van der Waals surface area (Å²) in [5.41, 5.74) is 0.629. The van der Waals surface area contributed by atoms with Gasteiger partial charge in [0.2, 0.25) is 0 Å². The molecule has 16 heavy (non-hydrogen) atoms. The third kappa shape index (κ3) is 3.52. The third-order valence-corrected chi connectivity index (χ3v) is 2.72. The quantitative estimate of drug-likeness (QED) is 0.797. The average Bonchev–Trinajstić information content (AvgIpc) is 2.30. The van der Waals surface area contributed by atoms with Gasteiger partial charge in [0.05, 0.1) is 5.02 Å². The maximum Gasteiger partial charge on any atom is 0.145 e. The van der Waals surface area contributed by atoms with Crippen molar-refractivity contribution in [2.45, 2.75) is 25.8 Å². The molecule has 0 aromatic heterocycles.